The van der Waals surface area contributed by atoms with E-state index in [1.165, 1.54) is 0 Å². The number of piperidine rings is 1. The van der Waals surface area contributed by atoms with Crippen LogP contribution >= 0.6 is 34.5 Å². The third-order valence-electron chi connectivity index (χ3n) is 9.93. The molecular weight excluding hydrogens is 719 g/mol. The minimum absolute atomic E-state index is 0.109. The average Bonchev–Trinajstić information content (AvgIpc) is 3.75. The molecule has 7 rings (SSSR count). The van der Waals surface area contributed by atoms with Crippen LogP contribution in [-0.2, 0) is 22.7 Å². The van der Waals surface area contributed by atoms with Crippen molar-refractivity contribution in [2.45, 2.75) is 51.7 Å². The number of nitrogens with zero attached hydrogens (tertiary/aromatic N) is 3. The lowest BCUT2D eigenvalue weighted by Gasteiger charge is -2.29. The quantitative estimate of drug-likeness (QED) is 0.0999. The van der Waals surface area contributed by atoms with Crippen molar-refractivity contribution in [2.75, 3.05) is 32.1 Å². The summed E-state index contributed by atoms with van der Waals surface area (Å²) in [5, 5.41) is 21.3. The van der Waals surface area contributed by atoms with Gasteiger partial charge in [-0.05, 0) is 68.6 Å². The highest BCUT2D eigenvalue weighted by atomic mass is 35.5. The summed E-state index contributed by atoms with van der Waals surface area (Å²) >= 11 is 15.9. The molecule has 10 nitrogen and oxygen atoms in total. The van der Waals surface area contributed by atoms with Crippen LogP contribution < -0.4 is 20.7 Å². The number of aromatic nitrogens is 2. The number of likely N-dealkylation sites (tertiary alicyclic amines) is 1. The molecule has 4 heterocycles. The van der Waals surface area contributed by atoms with E-state index in [1.807, 2.05) is 48.5 Å². The van der Waals surface area contributed by atoms with Crippen LogP contribution in [0.2, 0.25) is 10.0 Å². The summed E-state index contributed by atoms with van der Waals surface area (Å²) in [6.45, 7) is 5.52. The number of rotatable bonds is 12. The number of halogens is 2. The molecule has 3 aromatic carbocycles. The third kappa shape index (κ3) is 7.74. The Kier molecular flexibility index (Phi) is 11.0. The lowest BCUT2D eigenvalue weighted by atomic mass is 9.95. The largest absolute Gasteiger partial charge is 0.496 e. The Morgan fingerprint density at radius 1 is 1.06 bits per heavy atom. The number of benzene rings is 3. The molecule has 0 unspecified atom stereocenters. The lowest BCUT2D eigenvalue weighted by Crippen LogP contribution is -2.35. The van der Waals surface area contributed by atoms with Gasteiger partial charge in [0.25, 0.3) is 0 Å². The van der Waals surface area contributed by atoms with Crippen molar-refractivity contribution in [3.63, 3.8) is 0 Å². The van der Waals surface area contributed by atoms with E-state index < -0.39 is 5.97 Å². The van der Waals surface area contributed by atoms with Crippen LogP contribution in [0.4, 0.5) is 11.5 Å². The van der Waals surface area contributed by atoms with Crippen LogP contribution in [0.25, 0.3) is 32.5 Å². The molecule has 0 aliphatic carbocycles. The summed E-state index contributed by atoms with van der Waals surface area (Å²) in [6, 6.07) is 18.0. The van der Waals surface area contributed by atoms with Crippen molar-refractivity contribution in [3.8, 4) is 28.0 Å². The van der Waals surface area contributed by atoms with Gasteiger partial charge < -0.3 is 25.8 Å². The van der Waals surface area contributed by atoms with E-state index in [0.29, 0.717) is 60.4 Å². The Balaban J connectivity index is 1.10. The average molecular weight is 760 g/mol. The number of fused-ring (bicyclic) bond motifs is 1. The molecule has 13 heteroatoms. The standard InChI is InChI=1S/C39H40Cl2N6O4S/c1-22-17-24(18-31(51-2)29(22)20-42-19-25-9-10-33(48)44-25)26-5-3-6-27(35(26)40)28-7-4-8-30(36(28)41)45-38-37-32(11-14-43-38)52-34(46-37)21-47-15-12-23(13-16-47)39(49)50/h3-8,11,14,17-18,23,25,42H,9-10,12-13,15-16,19-21H2,1-2H3,(H,43,45)(H,44,48)(H,49,50)/t25-/m0/s1. The summed E-state index contributed by atoms with van der Waals surface area (Å²) in [5.74, 6) is 0.499. The molecule has 0 radical (unpaired) electrons. The molecule has 5 aromatic rings. The first-order valence-electron chi connectivity index (χ1n) is 17.4. The van der Waals surface area contributed by atoms with Gasteiger partial charge in [0.1, 0.15) is 16.3 Å². The van der Waals surface area contributed by atoms with E-state index in [2.05, 4.69) is 38.8 Å². The number of anilines is 2. The first-order chi connectivity index (χ1) is 25.2. The van der Waals surface area contributed by atoms with Gasteiger partial charge in [0.05, 0.1) is 40.0 Å². The van der Waals surface area contributed by atoms with Crippen LogP contribution in [0.5, 0.6) is 5.75 Å². The molecule has 1 atom stereocenters. The second-order valence-corrected chi connectivity index (χ2v) is 15.2. The van der Waals surface area contributed by atoms with Crippen molar-refractivity contribution < 1.29 is 19.4 Å². The Labute approximate surface area is 316 Å². The molecule has 2 fully saturated rings. The van der Waals surface area contributed by atoms with E-state index in [4.69, 9.17) is 32.9 Å². The lowest BCUT2D eigenvalue weighted by molar-refractivity contribution is -0.143. The monoisotopic (exact) mass is 758 g/mol. The molecule has 2 aliphatic rings. The highest BCUT2D eigenvalue weighted by Crippen LogP contribution is 2.43. The van der Waals surface area contributed by atoms with Crippen molar-refractivity contribution >= 4 is 68.1 Å². The number of carbonyl (C=O) groups is 2. The number of carbonyl (C=O) groups excluding carboxylic acids is 1. The SMILES string of the molecule is COc1cc(-c2cccc(-c3cccc(Nc4nccc5sc(CN6CCC(C(=O)O)CC6)nc45)c3Cl)c2Cl)cc(C)c1CNC[C@@H]1CCC(=O)N1. The summed E-state index contributed by atoms with van der Waals surface area (Å²) in [4.78, 5) is 34.8. The summed E-state index contributed by atoms with van der Waals surface area (Å²) < 4.78 is 6.85. The van der Waals surface area contributed by atoms with Gasteiger partial charge in [-0.3, -0.25) is 14.5 Å². The molecule has 52 heavy (non-hydrogen) atoms. The van der Waals surface area contributed by atoms with Gasteiger partial charge in [0.15, 0.2) is 5.82 Å². The van der Waals surface area contributed by atoms with E-state index in [0.717, 1.165) is 73.9 Å². The minimum atomic E-state index is -0.710. The highest BCUT2D eigenvalue weighted by Gasteiger charge is 2.26. The number of pyridine rings is 1. The van der Waals surface area contributed by atoms with Gasteiger partial charge in [-0.1, -0.05) is 59.6 Å². The van der Waals surface area contributed by atoms with Crippen molar-refractivity contribution in [3.05, 3.63) is 87.0 Å². The predicted octanol–water partition coefficient (Wildman–Crippen LogP) is 8.06. The van der Waals surface area contributed by atoms with Gasteiger partial charge in [-0.25, -0.2) is 9.97 Å². The molecule has 0 saturated carbocycles. The Bertz CT molecular complexity index is 2130. The number of carboxylic acid groups (broad SMARTS) is 1. The number of aryl methyl sites for hydroxylation is 1. The topological polar surface area (TPSA) is 129 Å². The fraction of sp³-hybridized carbons (Fsp3) is 0.333. The number of ether oxygens (including phenoxy) is 1. The predicted molar refractivity (Wildman–Crippen MR) is 208 cm³/mol. The van der Waals surface area contributed by atoms with E-state index in [9.17, 15) is 14.7 Å². The molecule has 4 N–H and O–H groups in total. The van der Waals surface area contributed by atoms with Crippen molar-refractivity contribution in [1.29, 1.82) is 0 Å². The molecule has 1 amide bonds. The fourth-order valence-electron chi connectivity index (χ4n) is 7.07. The second kappa shape index (κ2) is 15.8. The number of methoxy groups -OCH3 is 1. The second-order valence-electron chi connectivity index (χ2n) is 13.4. The van der Waals surface area contributed by atoms with Crippen LogP contribution in [0.1, 0.15) is 41.8 Å². The normalized spacial score (nSPS) is 16.7. The highest BCUT2D eigenvalue weighted by molar-refractivity contribution is 7.18. The molecular formula is C39H40Cl2N6O4S. The van der Waals surface area contributed by atoms with Crippen LogP contribution in [-0.4, -0.2) is 64.6 Å². The molecule has 2 aromatic heterocycles. The van der Waals surface area contributed by atoms with Crippen molar-refractivity contribution in [1.82, 2.24) is 25.5 Å². The van der Waals surface area contributed by atoms with E-state index in [1.54, 1.807) is 24.6 Å². The molecule has 0 spiro atoms. The van der Waals surface area contributed by atoms with Gasteiger partial charge in [-0.15, -0.1) is 11.3 Å². The van der Waals surface area contributed by atoms with Crippen LogP contribution in [0.15, 0.2) is 60.8 Å². The number of thiazole rings is 1. The third-order valence-corrected chi connectivity index (χ3v) is 11.7. The summed E-state index contributed by atoms with van der Waals surface area (Å²) in [7, 11) is 1.67. The van der Waals surface area contributed by atoms with E-state index in [-0.39, 0.29) is 17.9 Å². The molecule has 270 valence electrons. The number of hydrogen-bond acceptors (Lipinski definition) is 9. The van der Waals surface area contributed by atoms with Gasteiger partial charge >= 0.3 is 5.97 Å². The minimum Gasteiger partial charge on any atom is -0.496 e. The van der Waals surface area contributed by atoms with Crippen LogP contribution in [0, 0.1) is 12.8 Å². The molecule has 2 saturated heterocycles. The fourth-order valence-corrected chi connectivity index (χ4v) is 8.69. The Hall–Kier alpha value is -4.26. The zero-order valence-electron chi connectivity index (χ0n) is 29.0. The molecule has 2 aliphatic heterocycles. The van der Waals surface area contributed by atoms with Gasteiger partial charge in [0.2, 0.25) is 5.91 Å². The Morgan fingerprint density at radius 2 is 1.81 bits per heavy atom. The van der Waals surface area contributed by atoms with E-state index >= 15 is 0 Å². The summed E-state index contributed by atoms with van der Waals surface area (Å²) in [6.07, 6.45) is 4.49. The number of amides is 1. The number of carboxylic acids is 1. The number of aliphatic carboxylic acids is 1. The maximum absolute atomic E-state index is 11.6. The summed E-state index contributed by atoms with van der Waals surface area (Å²) in [5.41, 5.74) is 6.92. The first-order valence-corrected chi connectivity index (χ1v) is 19.0. The Morgan fingerprint density at radius 3 is 2.54 bits per heavy atom. The number of nitrogens with one attached hydrogen (secondary N) is 3. The maximum atomic E-state index is 11.6. The smallest absolute Gasteiger partial charge is 0.306 e. The van der Waals surface area contributed by atoms with Crippen molar-refractivity contribution in [2.24, 2.45) is 5.92 Å². The number of hydrogen-bond donors (Lipinski definition) is 4. The van der Waals surface area contributed by atoms with Gasteiger partial charge in [-0.2, -0.15) is 0 Å². The first kappa shape index (κ1) is 36.1. The van der Waals surface area contributed by atoms with Gasteiger partial charge in [0, 0.05) is 54.0 Å². The van der Waals surface area contributed by atoms with Crippen LogP contribution in [0.3, 0.4) is 0 Å². The maximum Gasteiger partial charge on any atom is 0.306 e. The zero-order valence-corrected chi connectivity index (χ0v) is 31.3. The zero-order chi connectivity index (χ0) is 36.4. The molecule has 0 bridgehead atoms.